The van der Waals surface area contributed by atoms with Gasteiger partial charge in [-0.2, -0.15) is 0 Å². The van der Waals surface area contributed by atoms with E-state index < -0.39 is 14.8 Å². The highest BCUT2D eigenvalue weighted by Gasteiger charge is 2.28. The predicted octanol–water partition coefficient (Wildman–Crippen LogP) is 3.10. The van der Waals surface area contributed by atoms with Crippen molar-refractivity contribution in [1.29, 1.82) is 0 Å². The van der Waals surface area contributed by atoms with E-state index in [1.54, 1.807) is 6.07 Å². The lowest BCUT2D eigenvalue weighted by molar-refractivity contribution is -0.384. The molecule has 28 heavy (non-hydrogen) atoms. The monoisotopic (exact) mass is 403 g/mol. The smallest absolute Gasteiger partial charge is 0.293 e. The van der Waals surface area contributed by atoms with Crippen LogP contribution < -0.4 is 4.90 Å². The van der Waals surface area contributed by atoms with E-state index in [9.17, 15) is 18.5 Å². The third-order valence-corrected chi connectivity index (χ3v) is 6.17. The molecule has 0 amide bonds. The summed E-state index contributed by atoms with van der Waals surface area (Å²) in [6.07, 6.45) is 1.93. The van der Waals surface area contributed by atoms with Crippen molar-refractivity contribution in [3.8, 4) is 0 Å². The number of nitro benzene ring substituents is 1. The first-order valence-corrected chi connectivity index (χ1v) is 11.2. The zero-order valence-corrected chi connectivity index (χ0v) is 16.9. The summed E-state index contributed by atoms with van der Waals surface area (Å²) in [5.41, 5.74) is 1.56. The zero-order valence-electron chi connectivity index (χ0n) is 16.1. The van der Waals surface area contributed by atoms with Crippen molar-refractivity contribution in [2.24, 2.45) is 0 Å². The Labute approximate surface area is 165 Å². The molecule has 1 atom stereocenters. The van der Waals surface area contributed by atoms with E-state index >= 15 is 0 Å². The fourth-order valence-corrected chi connectivity index (χ4v) is 4.36. The molecule has 1 heterocycles. The van der Waals surface area contributed by atoms with Crippen molar-refractivity contribution in [2.45, 2.75) is 30.8 Å². The molecule has 1 saturated heterocycles. The van der Waals surface area contributed by atoms with Crippen molar-refractivity contribution in [1.82, 2.24) is 4.90 Å². The maximum absolute atomic E-state index is 11.8. The molecule has 2 aromatic rings. The second-order valence-corrected chi connectivity index (χ2v) is 9.31. The normalized spacial score (nSPS) is 18.6. The molecule has 0 N–H and O–H groups in total. The molecule has 150 valence electrons. The van der Waals surface area contributed by atoms with E-state index in [4.69, 9.17) is 0 Å². The fraction of sp³-hybridized carbons (Fsp3) is 0.400. The fourth-order valence-electron chi connectivity index (χ4n) is 3.71. The maximum atomic E-state index is 11.8. The molecule has 2 aromatic carbocycles. The Morgan fingerprint density at radius 2 is 1.86 bits per heavy atom. The molecule has 0 aliphatic carbocycles. The Kier molecular flexibility index (Phi) is 6.00. The first-order chi connectivity index (χ1) is 13.3. The summed E-state index contributed by atoms with van der Waals surface area (Å²) < 4.78 is 23.6. The van der Waals surface area contributed by atoms with Crippen LogP contribution in [0, 0.1) is 10.1 Å². The first-order valence-electron chi connectivity index (χ1n) is 9.27. The predicted molar refractivity (Wildman–Crippen MR) is 109 cm³/mol. The Balaban J connectivity index is 1.84. The van der Waals surface area contributed by atoms with E-state index in [1.807, 2.05) is 23.1 Å². The van der Waals surface area contributed by atoms with Crippen LogP contribution in [-0.2, 0) is 16.4 Å². The number of benzene rings is 2. The SMILES string of the molecule is CC1CN(Cc2ccccc2)CCCN1c1ccc(S(C)(=O)=O)cc1[N+](=O)[O-]. The number of hydrogen-bond acceptors (Lipinski definition) is 6. The van der Waals surface area contributed by atoms with E-state index in [0.717, 1.165) is 32.3 Å². The molecule has 0 saturated carbocycles. The summed E-state index contributed by atoms with van der Waals surface area (Å²) in [7, 11) is -3.50. The van der Waals surface area contributed by atoms with Crippen molar-refractivity contribution >= 4 is 21.2 Å². The lowest BCUT2D eigenvalue weighted by atomic mass is 10.1. The third-order valence-electron chi connectivity index (χ3n) is 5.06. The molecule has 0 bridgehead atoms. The molecule has 8 heteroatoms. The summed E-state index contributed by atoms with van der Waals surface area (Å²) in [5.74, 6) is 0. The van der Waals surface area contributed by atoms with E-state index in [-0.39, 0.29) is 16.6 Å². The van der Waals surface area contributed by atoms with Crippen LogP contribution in [0.25, 0.3) is 0 Å². The standard InChI is InChI=1S/C20H25N3O4S/c1-16-14-21(15-17-7-4-3-5-8-17)11-6-12-22(16)19-10-9-18(28(2,26)27)13-20(19)23(24)25/h3-5,7-10,13,16H,6,11-12,14-15H2,1-2H3. The number of nitro groups is 1. The first kappa shape index (κ1) is 20.3. The molecular formula is C20H25N3O4S. The summed E-state index contributed by atoms with van der Waals surface area (Å²) >= 11 is 0. The lowest BCUT2D eigenvalue weighted by Gasteiger charge is -2.30. The van der Waals surface area contributed by atoms with Gasteiger partial charge in [-0.05, 0) is 31.0 Å². The van der Waals surface area contributed by atoms with Crippen molar-refractivity contribution in [3.05, 3.63) is 64.2 Å². The van der Waals surface area contributed by atoms with Crippen LogP contribution in [0.3, 0.4) is 0 Å². The highest BCUT2D eigenvalue weighted by molar-refractivity contribution is 7.90. The average molecular weight is 404 g/mol. The van der Waals surface area contributed by atoms with Gasteiger partial charge in [-0.15, -0.1) is 0 Å². The Hall–Kier alpha value is -2.45. The van der Waals surface area contributed by atoms with Crippen molar-refractivity contribution < 1.29 is 13.3 Å². The minimum atomic E-state index is -3.50. The van der Waals surface area contributed by atoms with Gasteiger partial charge >= 0.3 is 0 Å². The molecule has 7 nitrogen and oxygen atoms in total. The molecule has 3 rings (SSSR count). The van der Waals surface area contributed by atoms with Crippen LogP contribution in [0.1, 0.15) is 18.9 Å². The summed E-state index contributed by atoms with van der Waals surface area (Å²) in [6, 6.07) is 14.5. The second kappa shape index (κ2) is 8.28. The molecular weight excluding hydrogens is 378 g/mol. The van der Waals surface area contributed by atoms with Gasteiger partial charge in [0.2, 0.25) is 0 Å². The number of rotatable bonds is 5. The van der Waals surface area contributed by atoms with E-state index in [2.05, 4.69) is 24.0 Å². The maximum Gasteiger partial charge on any atom is 0.293 e. The average Bonchev–Trinajstić information content (AvgIpc) is 2.82. The Morgan fingerprint density at radius 1 is 1.14 bits per heavy atom. The number of anilines is 1. The summed E-state index contributed by atoms with van der Waals surface area (Å²) in [4.78, 5) is 15.5. The van der Waals surface area contributed by atoms with Crippen LogP contribution in [0.15, 0.2) is 53.4 Å². The second-order valence-electron chi connectivity index (χ2n) is 7.30. The quantitative estimate of drug-likeness (QED) is 0.563. The Bertz CT molecular complexity index is 947. The van der Waals surface area contributed by atoms with Gasteiger partial charge in [0.25, 0.3) is 5.69 Å². The summed E-state index contributed by atoms with van der Waals surface area (Å²) in [5, 5.41) is 11.6. The van der Waals surface area contributed by atoms with Gasteiger partial charge in [0, 0.05) is 44.5 Å². The lowest BCUT2D eigenvalue weighted by Crippen LogP contribution is -2.39. The van der Waals surface area contributed by atoms with E-state index in [0.29, 0.717) is 12.2 Å². The molecule has 1 aliphatic heterocycles. The van der Waals surface area contributed by atoms with Gasteiger partial charge in [-0.3, -0.25) is 15.0 Å². The Morgan fingerprint density at radius 3 is 2.50 bits per heavy atom. The molecule has 0 aromatic heterocycles. The minimum absolute atomic E-state index is 0.0314. The van der Waals surface area contributed by atoms with Gasteiger partial charge in [0.1, 0.15) is 5.69 Å². The van der Waals surface area contributed by atoms with Crippen LogP contribution >= 0.6 is 0 Å². The summed E-state index contributed by atoms with van der Waals surface area (Å²) in [6.45, 7) is 5.27. The molecule has 1 aliphatic rings. The van der Waals surface area contributed by atoms with Crippen molar-refractivity contribution in [3.63, 3.8) is 0 Å². The van der Waals surface area contributed by atoms with Gasteiger partial charge in [0.15, 0.2) is 9.84 Å². The van der Waals surface area contributed by atoms with Gasteiger partial charge in [-0.25, -0.2) is 8.42 Å². The van der Waals surface area contributed by atoms with Crippen molar-refractivity contribution in [2.75, 3.05) is 30.8 Å². The molecule has 1 unspecified atom stereocenters. The number of sulfone groups is 1. The van der Waals surface area contributed by atoms with Crippen LogP contribution in [0.4, 0.5) is 11.4 Å². The number of nitrogens with zero attached hydrogens (tertiary/aromatic N) is 3. The highest BCUT2D eigenvalue weighted by atomic mass is 32.2. The molecule has 0 spiro atoms. The zero-order chi connectivity index (χ0) is 20.3. The van der Waals surface area contributed by atoms with Crippen LogP contribution in [0.2, 0.25) is 0 Å². The third kappa shape index (κ3) is 4.69. The number of hydrogen-bond donors (Lipinski definition) is 0. The highest BCUT2D eigenvalue weighted by Crippen LogP contribution is 2.33. The largest absolute Gasteiger partial charge is 0.362 e. The van der Waals surface area contributed by atoms with Crippen LogP contribution in [-0.4, -0.2) is 50.2 Å². The van der Waals surface area contributed by atoms with E-state index in [1.165, 1.54) is 17.7 Å². The molecule has 0 radical (unpaired) electrons. The minimum Gasteiger partial charge on any atom is -0.362 e. The van der Waals surface area contributed by atoms with Crippen LogP contribution in [0.5, 0.6) is 0 Å². The topological polar surface area (TPSA) is 83.8 Å². The molecule has 1 fully saturated rings. The van der Waals surface area contributed by atoms with Gasteiger partial charge in [-0.1, -0.05) is 30.3 Å². The van der Waals surface area contributed by atoms with Gasteiger partial charge < -0.3 is 4.90 Å². The van der Waals surface area contributed by atoms with Gasteiger partial charge in [0.05, 0.1) is 9.82 Å².